The van der Waals surface area contributed by atoms with Gasteiger partial charge >= 0.3 is 5.97 Å². The molecule has 6 heteroatoms. The van der Waals surface area contributed by atoms with Gasteiger partial charge in [-0.2, -0.15) is 0 Å². The van der Waals surface area contributed by atoms with Crippen LogP contribution in [0.25, 0.3) is 10.1 Å². The van der Waals surface area contributed by atoms with E-state index in [9.17, 15) is 9.90 Å². The Labute approximate surface area is 162 Å². The zero-order chi connectivity index (χ0) is 21.3. The number of ether oxygens (including phenoxy) is 1. The third-order valence-corrected chi connectivity index (χ3v) is 4.88. The highest BCUT2D eigenvalue weighted by Crippen LogP contribution is 2.21. The normalized spacial score (nSPS) is 17.2. The van der Waals surface area contributed by atoms with Crippen LogP contribution in [0.2, 0.25) is 0 Å². The Hall–Kier alpha value is -1.73. The smallest absolute Gasteiger partial charge is 0.327 e. The van der Waals surface area contributed by atoms with Crippen molar-refractivity contribution in [2.24, 2.45) is 0 Å². The molecule has 26 heavy (non-hydrogen) atoms. The molecule has 1 saturated heterocycles. The summed E-state index contributed by atoms with van der Waals surface area (Å²) in [6.07, 6.45) is 3.20. The van der Waals surface area contributed by atoms with E-state index in [-0.39, 0.29) is 6.10 Å². The number of hydrogen-bond donors (Lipinski definition) is 2. The van der Waals surface area contributed by atoms with Gasteiger partial charge in [0.05, 0.1) is 12.7 Å². The van der Waals surface area contributed by atoms with Gasteiger partial charge in [-0.1, -0.05) is 18.2 Å². The number of benzene rings is 1. The van der Waals surface area contributed by atoms with Gasteiger partial charge in [0, 0.05) is 41.1 Å². The first kappa shape index (κ1) is 16.4. The number of aliphatic hydroxyl groups excluding tert-OH is 1. The van der Waals surface area contributed by atoms with Crippen LogP contribution in [0, 0.1) is 0 Å². The lowest BCUT2D eigenvalue weighted by atomic mass is 10.1. The molecular weight excluding hydrogens is 350 g/mol. The summed E-state index contributed by atoms with van der Waals surface area (Å²) >= 11 is 1.79. The second-order valence-corrected chi connectivity index (χ2v) is 7.04. The van der Waals surface area contributed by atoms with E-state index in [2.05, 4.69) is 34.5 Å². The minimum atomic E-state index is -2.28. The van der Waals surface area contributed by atoms with Crippen LogP contribution in [0.3, 0.4) is 0 Å². The van der Waals surface area contributed by atoms with Gasteiger partial charge in [0.15, 0.2) is 0 Å². The van der Waals surface area contributed by atoms with Crippen LogP contribution < -0.4 is 0 Å². The van der Waals surface area contributed by atoms with E-state index in [0.29, 0.717) is 12.2 Å². The minimum Gasteiger partial charge on any atom is -0.478 e. The molecule has 2 heterocycles. The first-order valence-corrected chi connectivity index (χ1v) is 9.47. The third-order valence-electron chi connectivity index (χ3n) is 3.98. The van der Waals surface area contributed by atoms with Crippen LogP contribution in [0.4, 0.5) is 0 Å². The lowest BCUT2D eigenvalue weighted by Crippen LogP contribution is -2.50. The van der Waals surface area contributed by atoms with Crippen molar-refractivity contribution in [2.75, 3.05) is 32.8 Å². The van der Waals surface area contributed by atoms with Gasteiger partial charge in [0.1, 0.15) is 0 Å². The Kier molecular flexibility index (Phi) is 7.01. The van der Waals surface area contributed by atoms with Crippen LogP contribution in [0.1, 0.15) is 22.9 Å². The second kappa shape index (κ2) is 11.1. The van der Waals surface area contributed by atoms with E-state index in [1.165, 1.54) is 15.6 Å². The van der Waals surface area contributed by atoms with Gasteiger partial charge in [0.2, 0.25) is 0 Å². The number of nitrogens with zero attached hydrogens (tertiary/aromatic N) is 1. The molecule has 1 aliphatic heterocycles. The van der Waals surface area contributed by atoms with Crippen molar-refractivity contribution < 1.29 is 23.9 Å². The van der Waals surface area contributed by atoms with E-state index in [1.54, 1.807) is 11.3 Å². The summed E-state index contributed by atoms with van der Waals surface area (Å²) in [6, 6.07) is 8.83. The second-order valence-electron chi connectivity index (χ2n) is 6.09. The van der Waals surface area contributed by atoms with Gasteiger partial charge in [-0.3, -0.25) is 4.90 Å². The molecule has 1 aromatic carbocycles. The standard InChI is InChI=1S/C16H21NO2S.C4H6O2/c18-15-11-17(12-15)6-1-7-19-8-4-13-2-3-16-14(10-13)5-9-20-16;1-2-3-4(5)6/h2-3,5,9-10,15,18H,1,4,6-8,11-12H2;2-3H,1H3,(H,5,6)/b;3-2+/i;1D3. The number of fused-ring (bicyclic) bond motifs is 1. The van der Waals surface area contributed by atoms with Crippen LogP contribution in [-0.2, 0) is 16.0 Å². The molecule has 142 valence electrons. The molecule has 2 aromatic rings. The number of rotatable bonds is 8. The van der Waals surface area contributed by atoms with Gasteiger partial charge < -0.3 is 14.9 Å². The van der Waals surface area contributed by atoms with E-state index < -0.39 is 12.8 Å². The number of carboxylic acids is 1. The number of aliphatic carboxylic acids is 1. The van der Waals surface area contributed by atoms with Crippen molar-refractivity contribution in [1.82, 2.24) is 4.90 Å². The van der Waals surface area contributed by atoms with Gasteiger partial charge in [-0.25, -0.2) is 4.79 Å². The summed E-state index contributed by atoms with van der Waals surface area (Å²) in [5.41, 5.74) is 1.35. The van der Waals surface area contributed by atoms with Crippen molar-refractivity contribution in [3.8, 4) is 0 Å². The quantitative estimate of drug-likeness (QED) is 0.544. The fraction of sp³-hybridized carbons (Fsp3) is 0.450. The maximum atomic E-state index is 9.71. The molecule has 0 spiro atoms. The highest BCUT2D eigenvalue weighted by Gasteiger charge is 2.22. The van der Waals surface area contributed by atoms with Crippen LogP contribution in [-0.4, -0.2) is 60.0 Å². The number of thiophene rings is 1. The molecule has 0 bridgehead atoms. The topological polar surface area (TPSA) is 70.0 Å². The molecular formula is C20H27NO4S. The molecule has 2 N–H and O–H groups in total. The molecule has 0 aliphatic carbocycles. The zero-order valence-electron chi connectivity index (χ0n) is 17.6. The maximum absolute atomic E-state index is 9.71. The summed E-state index contributed by atoms with van der Waals surface area (Å²) in [4.78, 5) is 12.0. The Morgan fingerprint density at radius 3 is 2.96 bits per heavy atom. The van der Waals surface area contributed by atoms with Gasteiger partial charge in [0.25, 0.3) is 0 Å². The number of allylic oxidation sites excluding steroid dienone is 1. The van der Waals surface area contributed by atoms with Gasteiger partial charge in [-0.15, -0.1) is 11.3 Å². The summed E-state index contributed by atoms with van der Waals surface area (Å²) in [6.45, 7) is 2.03. The first-order valence-electron chi connectivity index (χ1n) is 10.1. The molecule has 0 radical (unpaired) electrons. The third kappa shape index (κ3) is 7.25. The number of likely N-dealkylation sites (tertiary alicyclic amines) is 1. The average molecular weight is 381 g/mol. The number of carbonyl (C=O) groups is 1. The molecule has 3 rings (SSSR count). The lowest BCUT2D eigenvalue weighted by Gasteiger charge is -2.35. The lowest BCUT2D eigenvalue weighted by molar-refractivity contribution is -0.131. The molecule has 1 aromatic heterocycles. The summed E-state index contributed by atoms with van der Waals surface area (Å²) in [5, 5.41) is 20.6. The van der Waals surface area contributed by atoms with Crippen LogP contribution in [0.15, 0.2) is 41.8 Å². The van der Waals surface area contributed by atoms with E-state index >= 15 is 0 Å². The van der Waals surface area contributed by atoms with E-state index in [0.717, 1.165) is 45.7 Å². The average Bonchev–Trinajstić information content (AvgIpc) is 3.09. The van der Waals surface area contributed by atoms with Crippen LogP contribution in [0.5, 0.6) is 0 Å². The Balaban J connectivity index is 0.000000284. The Bertz CT molecular complexity index is 800. The molecule has 1 fully saturated rings. The van der Waals surface area contributed by atoms with Gasteiger partial charge in [-0.05, 0) is 48.2 Å². The van der Waals surface area contributed by atoms with E-state index in [1.807, 2.05) is 0 Å². The number of aliphatic hydroxyl groups is 1. The number of hydrogen-bond acceptors (Lipinski definition) is 5. The van der Waals surface area contributed by atoms with Crippen molar-refractivity contribution in [2.45, 2.75) is 25.8 Å². The molecule has 5 nitrogen and oxygen atoms in total. The predicted octanol–water partition coefficient (Wildman–Crippen LogP) is 3.17. The van der Waals surface area contributed by atoms with Crippen molar-refractivity contribution in [3.05, 3.63) is 47.4 Å². The van der Waals surface area contributed by atoms with E-state index in [4.69, 9.17) is 14.0 Å². The summed E-state index contributed by atoms with van der Waals surface area (Å²) in [7, 11) is 0. The minimum absolute atomic E-state index is 0.0945. The SMILES string of the molecule is OC1CN(CCCOCCc2ccc3sccc3c2)C1.[2H]C([2H])([2H])/C=C/C(=O)O. The largest absolute Gasteiger partial charge is 0.478 e. The molecule has 0 atom stereocenters. The van der Waals surface area contributed by atoms with Crippen molar-refractivity contribution in [3.63, 3.8) is 0 Å². The van der Waals surface area contributed by atoms with Crippen molar-refractivity contribution in [1.29, 1.82) is 0 Å². The molecule has 0 unspecified atom stereocenters. The van der Waals surface area contributed by atoms with Crippen molar-refractivity contribution >= 4 is 27.4 Å². The molecule has 0 saturated carbocycles. The Morgan fingerprint density at radius 2 is 2.27 bits per heavy atom. The fourth-order valence-corrected chi connectivity index (χ4v) is 3.42. The summed E-state index contributed by atoms with van der Waals surface area (Å²) < 4.78 is 26.6. The number of β-amino-alcohol motifs (C(OH)–C–C–N with tert-alkyl or cyclic N) is 1. The van der Waals surface area contributed by atoms with Crippen LogP contribution >= 0.6 is 11.3 Å². The fourth-order valence-electron chi connectivity index (χ4n) is 2.65. The molecule has 1 aliphatic rings. The molecule has 0 amide bonds. The highest BCUT2D eigenvalue weighted by atomic mass is 32.1. The highest BCUT2D eigenvalue weighted by molar-refractivity contribution is 7.17. The maximum Gasteiger partial charge on any atom is 0.327 e. The monoisotopic (exact) mass is 380 g/mol. The summed E-state index contributed by atoms with van der Waals surface area (Å²) in [5.74, 6) is -1.24. The number of carboxylic acid groups (broad SMARTS) is 1. The predicted molar refractivity (Wildman–Crippen MR) is 106 cm³/mol. The Morgan fingerprint density at radius 1 is 1.42 bits per heavy atom. The zero-order valence-corrected chi connectivity index (χ0v) is 15.5. The first-order chi connectivity index (χ1) is 13.7.